The molecule has 0 fully saturated rings. The molecular formula is C41H29N3O. The second kappa shape index (κ2) is 10.4. The summed E-state index contributed by atoms with van der Waals surface area (Å²) in [6, 6.07) is 49.5. The first kappa shape index (κ1) is 25.6. The van der Waals surface area contributed by atoms with Crippen molar-refractivity contribution in [2.75, 3.05) is 4.90 Å². The number of aryl methyl sites for hydroxylation is 1. The molecule has 214 valence electrons. The predicted octanol–water partition coefficient (Wildman–Crippen LogP) is 11.0. The van der Waals surface area contributed by atoms with Gasteiger partial charge in [0.15, 0.2) is 5.58 Å². The van der Waals surface area contributed by atoms with Gasteiger partial charge in [-0.15, -0.1) is 0 Å². The molecule has 0 bridgehead atoms. The van der Waals surface area contributed by atoms with Gasteiger partial charge in [-0.3, -0.25) is 4.90 Å². The van der Waals surface area contributed by atoms with Crippen LogP contribution >= 0.6 is 0 Å². The Kier molecular flexibility index (Phi) is 5.91. The summed E-state index contributed by atoms with van der Waals surface area (Å²) in [4.78, 5) is 7.23. The fraction of sp³-hybridized carbons (Fsp3) is 0.0488. The predicted molar refractivity (Wildman–Crippen MR) is 186 cm³/mol. The number of benzene rings is 6. The molecule has 4 heteroatoms. The zero-order valence-electron chi connectivity index (χ0n) is 24.6. The van der Waals surface area contributed by atoms with Crippen molar-refractivity contribution in [1.82, 2.24) is 9.55 Å². The summed E-state index contributed by atoms with van der Waals surface area (Å²) < 4.78 is 8.91. The number of para-hydroxylation sites is 1. The van der Waals surface area contributed by atoms with E-state index in [0.717, 1.165) is 62.9 Å². The number of allylic oxidation sites excluding steroid dienone is 1. The molecule has 1 aliphatic rings. The highest BCUT2D eigenvalue weighted by atomic mass is 16.4. The van der Waals surface area contributed by atoms with Crippen LogP contribution in [0.25, 0.3) is 55.7 Å². The van der Waals surface area contributed by atoms with Gasteiger partial charge in [0.1, 0.15) is 5.52 Å². The maximum Gasteiger partial charge on any atom is 0.307 e. The number of oxazole rings is 1. The maximum atomic E-state index is 6.53. The number of hydrogen-bond acceptors (Lipinski definition) is 3. The quantitative estimate of drug-likeness (QED) is 0.203. The van der Waals surface area contributed by atoms with Crippen molar-refractivity contribution in [3.05, 3.63) is 157 Å². The normalized spacial score (nSPS) is 12.6. The molecule has 2 aromatic heterocycles. The Morgan fingerprint density at radius 2 is 1.42 bits per heavy atom. The first-order valence-electron chi connectivity index (χ1n) is 15.4. The fourth-order valence-electron chi connectivity index (χ4n) is 6.79. The number of fused-ring (bicyclic) bond motifs is 6. The molecule has 1 aliphatic carbocycles. The maximum absolute atomic E-state index is 6.53. The molecule has 4 nitrogen and oxygen atoms in total. The van der Waals surface area contributed by atoms with Gasteiger partial charge in [-0.05, 0) is 89.5 Å². The van der Waals surface area contributed by atoms with Crippen LogP contribution in [-0.2, 0) is 6.42 Å². The number of aromatic nitrogens is 2. The molecule has 0 N–H and O–H groups in total. The van der Waals surface area contributed by atoms with Gasteiger partial charge in [0.05, 0.1) is 16.9 Å². The van der Waals surface area contributed by atoms with Gasteiger partial charge in [0.2, 0.25) is 0 Å². The van der Waals surface area contributed by atoms with E-state index in [4.69, 9.17) is 9.40 Å². The molecule has 8 aromatic rings. The van der Waals surface area contributed by atoms with E-state index in [1.54, 1.807) is 0 Å². The van der Waals surface area contributed by atoms with Crippen LogP contribution in [0.1, 0.15) is 17.7 Å². The third-order valence-electron chi connectivity index (χ3n) is 8.90. The van der Waals surface area contributed by atoms with Gasteiger partial charge in [-0.25, -0.2) is 0 Å². The summed E-state index contributed by atoms with van der Waals surface area (Å²) in [6.07, 6.45) is 6.70. The minimum atomic E-state index is 0.533. The van der Waals surface area contributed by atoms with Crippen molar-refractivity contribution >= 4 is 56.2 Å². The van der Waals surface area contributed by atoms with Crippen LogP contribution in [-0.4, -0.2) is 9.55 Å². The zero-order valence-corrected chi connectivity index (χ0v) is 24.6. The minimum Gasteiger partial charge on any atom is -0.423 e. The molecule has 0 radical (unpaired) electrons. The van der Waals surface area contributed by atoms with Gasteiger partial charge in [-0.2, -0.15) is 4.98 Å². The summed E-state index contributed by atoms with van der Waals surface area (Å²) in [6.45, 7) is 0. The Morgan fingerprint density at radius 3 is 2.31 bits per heavy atom. The highest BCUT2D eigenvalue weighted by Crippen LogP contribution is 2.40. The lowest BCUT2D eigenvalue weighted by Crippen LogP contribution is -2.10. The Hall–Kier alpha value is -5.87. The van der Waals surface area contributed by atoms with Crippen molar-refractivity contribution in [2.45, 2.75) is 12.8 Å². The lowest BCUT2D eigenvalue weighted by molar-refractivity contribution is 0.608. The lowest BCUT2D eigenvalue weighted by atomic mass is 10.0. The molecule has 0 aliphatic heterocycles. The second-order valence-electron chi connectivity index (χ2n) is 11.6. The smallest absolute Gasteiger partial charge is 0.307 e. The van der Waals surface area contributed by atoms with Crippen LogP contribution in [0.4, 0.5) is 17.4 Å². The van der Waals surface area contributed by atoms with E-state index in [0.29, 0.717) is 6.01 Å². The summed E-state index contributed by atoms with van der Waals surface area (Å²) >= 11 is 0. The largest absolute Gasteiger partial charge is 0.423 e. The van der Waals surface area contributed by atoms with Crippen molar-refractivity contribution in [3.63, 3.8) is 0 Å². The Balaban J connectivity index is 1.21. The van der Waals surface area contributed by atoms with E-state index in [-0.39, 0.29) is 0 Å². The van der Waals surface area contributed by atoms with Crippen molar-refractivity contribution < 1.29 is 4.42 Å². The average Bonchev–Trinajstić information content (AvgIpc) is 3.69. The SMILES string of the molecule is C1=Cc2c(c3ccccc3n2-c2ccc(N(c3cccc(-c4ccccc4)c3)c3nc4c(ccc5ccccc54)o3)cc2)CC1. The fourth-order valence-corrected chi connectivity index (χ4v) is 6.79. The average molecular weight is 580 g/mol. The highest BCUT2D eigenvalue weighted by molar-refractivity contribution is 6.04. The first-order valence-corrected chi connectivity index (χ1v) is 15.4. The summed E-state index contributed by atoms with van der Waals surface area (Å²) in [5.74, 6) is 0. The number of hydrogen-bond donors (Lipinski definition) is 0. The molecule has 0 saturated heterocycles. The lowest BCUT2D eigenvalue weighted by Gasteiger charge is -2.22. The number of rotatable bonds is 5. The summed E-state index contributed by atoms with van der Waals surface area (Å²) in [5.41, 5.74) is 10.9. The zero-order chi connectivity index (χ0) is 29.7. The van der Waals surface area contributed by atoms with Crippen LogP contribution in [0, 0.1) is 0 Å². The van der Waals surface area contributed by atoms with E-state index in [9.17, 15) is 0 Å². The summed E-state index contributed by atoms with van der Waals surface area (Å²) in [5, 5.41) is 3.55. The number of nitrogens with zero attached hydrogens (tertiary/aromatic N) is 3. The van der Waals surface area contributed by atoms with Crippen LogP contribution in [0.15, 0.2) is 150 Å². The molecule has 6 aromatic carbocycles. The Labute approximate surface area is 261 Å². The van der Waals surface area contributed by atoms with Crippen LogP contribution in [0.3, 0.4) is 0 Å². The van der Waals surface area contributed by atoms with E-state index >= 15 is 0 Å². The molecule has 2 heterocycles. The van der Waals surface area contributed by atoms with Crippen molar-refractivity contribution in [3.8, 4) is 16.8 Å². The monoisotopic (exact) mass is 579 g/mol. The second-order valence-corrected chi connectivity index (χ2v) is 11.6. The van der Waals surface area contributed by atoms with Crippen LogP contribution in [0.5, 0.6) is 0 Å². The minimum absolute atomic E-state index is 0.533. The Bertz CT molecular complexity index is 2380. The van der Waals surface area contributed by atoms with Crippen molar-refractivity contribution in [1.29, 1.82) is 0 Å². The van der Waals surface area contributed by atoms with E-state index in [1.165, 1.54) is 22.2 Å². The summed E-state index contributed by atoms with van der Waals surface area (Å²) in [7, 11) is 0. The van der Waals surface area contributed by atoms with E-state index in [1.807, 2.05) is 12.1 Å². The molecule has 0 unspecified atom stereocenters. The molecule has 45 heavy (non-hydrogen) atoms. The standard InChI is InChI=1S/C41H29N3O/c1-2-11-28(12-3-1)30-14-10-15-33(27-30)43(41-42-40-34-16-5-4-13-29(34)21-26-39(40)45-41)31-22-24-32(25-23-31)44-37-19-8-6-17-35(37)36-18-7-9-20-38(36)44/h1-6,8-17,19-27H,7,18H2. The van der Waals surface area contributed by atoms with E-state index < -0.39 is 0 Å². The highest BCUT2D eigenvalue weighted by Gasteiger charge is 2.22. The topological polar surface area (TPSA) is 34.2 Å². The van der Waals surface area contributed by atoms with Gasteiger partial charge >= 0.3 is 6.01 Å². The van der Waals surface area contributed by atoms with Crippen LogP contribution in [0.2, 0.25) is 0 Å². The molecule has 0 amide bonds. The van der Waals surface area contributed by atoms with Gasteiger partial charge in [0, 0.05) is 22.2 Å². The van der Waals surface area contributed by atoms with Crippen LogP contribution < -0.4 is 4.90 Å². The van der Waals surface area contributed by atoms with E-state index in [2.05, 4.69) is 149 Å². The first-order chi connectivity index (χ1) is 22.3. The third kappa shape index (κ3) is 4.26. The molecular weight excluding hydrogens is 550 g/mol. The third-order valence-corrected chi connectivity index (χ3v) is 8.90. The molecule has 0 saturated carbocycles. The van der Waals surface area contributed by atoms with Gasteiger partial charge in [-0.1, -0.05) is 97.1 Å². The van der Waals surface area contributed by atoms with Crippen molar-refractivity contribution in [2.24, 2.45) is 0 Å². The molecule has 0 atom stereocenters. The molecule has 9 rings (SSSR count). The van der Waals surface area contributed by atoms with Gasteiger partial charge < -0.3 is 8.98 Å². The van der Waals surface area contributed by atoms with Gasteiger partial charge in [0.25, 0.3) is 0 Å². The number of anilines is 3. The Morgan fingerprint density at radius 1 is 0.644 bits per heavy atom. The molecule has 0 spiro atoms.